The highest BCUT2D eigenvalue weighted by Gasteiger charge is 2.54. The van der Waals surface area contributed by atoms with Gasteiger partial charge in [0.2, 0.25) is 0 Å². The van der Waals surface area contributed by atoms with Gasteiger partial charge in [0.05, 0.1) is 25.9 Å². The quantitative estimate of drug-likeness (QED) is 0.0938. The summed E-state index contributed by atoms with van der Waals surface area (Å²) in [7, 11) is -2.66. The molecule has 0 radical (unpaired) electrons. The number of amidine groups is 1. The minimum Gasteiger partial charge on any atom is -0.405 e. The Labute approximate surface area is 343 Å². The van der Waals surface area contributed by atoms with Crippen molar-refractivity contribution in [2.45, 2.75) is 78.1 Å². The maximum Gasteiger partial charge on any atom is 0.262 e. The molecule has 0 unspecified atom stereocenters. The first-order chi connectivity index (χ1) is 26.2. The van der Waals surface area contributed by atoms with Crippen LogP contribution >= 0.6 is 35.0 Å². The Morgan fingerprint density at radius 2 is 1.38 bits per heavy atom. The van der Waals surface area contributed by atoms with Gasteiger partial charge >= 0.3 is 0 Å². The van der Waals surface area contributed by atoms with Gasteiger partial charge in [0.15, 0.2) is 5.17 Å². The molecule has 0 spiro atoms. The Balaban J connectivity index is 1.20. The number of amides is 1. The van der Waals surface area contributed by atoms with Gasteiger partial charge in [-0.15, -0.1) is 0 Å². The molecule has 1 amide bonds. The van der Waals surface area contributed by atoms with Gasteiger partial charge in [0.25, 0.3) is 14.2 Å². The van der Waals surface area contributed by atoms with Crippen LogP contribution in [0.3, 0.4) is 0 Å². The van der Waals surface area contributed by atoms with E-state index in [-0.39, 0.29) is 28.9 Å². The third-order valence-electron chi connectivity index (χ3n) is 10.7. The van der Waals surface area contributed by atoms with E-state index in [4.69, 9.17) is 37.4 Å². The lowest BCUT2D eigenvalue weighted by Crippen LogP contribution is -2.66. The summed E-state index contributed by atoms with van der Waals surface area (Å²) in [5.41, 5.74) is 2.48. The zero-order valence-corrected chi connectivity index (χ0v) is 36.5. The monoisotopic (exact) mass is 813 g/mol. The van der Waals surface area contributed by atoms with Crippen molar-refractivity contribution in [3.05, 3.63) is 141 Å². The number of rotatable bonds is 14. The molecular weight excluding hydrogens is 762 g/mol. The number of nitrogens with zero attached hydrogens (tertiary/aromatic N) is 3. The predicted octanol–water partition coefficient (Wildman–Crippen LogP) is 10.1. The normalized spacial score (nSPS) is 18.7. The lowest BCUT2D eigenvalue weighted by molar-refractivity contribution is -0.129. The number of hydrogen-bond donors (Lipinski definition) is 0. The van der Waals surface area contributed by atoms with E-state index in [0.29, 0.717) is 36.4 Å². The summed E-state index contributed by atoms with van der Waals surface area (Å²) in [6.07, 6.45) is 0. The minimum atomic E-state index is -2.66. The molecule has 0 N–H and O–H groups in total. The van der Waals surface area contributed by atoms with Gasteiger partial charge in [-0.1, -0.05) is 143 Å². The minimum absolute atomic E-state index is 0.00369. The zero-order valence-electron chi connectivity index (χ0n) is 33.2. The Morgan fingerprint density at radius 3 is 1.89 bits per heavy atom. The zero-order chi connectivity index (χ0) is 39.5. The summed E-state index contributed by atoms with van der Waals surface area (Å²) in [5.74, 6) is 0.0569. The van der Waals surface area contributed by atoms with Crippen LogP contribution in [0, 0.1) is 5.92 Å². The van der Waals surface area contributed by atoms with Crippen LogP contribution in [0.2, 0.25) is 15.1 Å². The molecule has 2 heterocycles. The van der Waals surface area contributed by atoms with Crippen molar-refractivity contribution < 1.29 is 14.0 Å². The van der Waals surface area contributed by atoms with Crippen molar-refractivity contribution in [3.63, 3.8) is 0 Å². The third kappa shape index (κ3) is 8.23. The van der Waals surface area contributed by atoms with Crippen molar-refractivity contribution in [1.82, 2.24) is 9.80 Å². The first-order valence-electron chi connectivity index (χ1n) is 19.2. The summed E-state index contributed by atoms with van der Waals surface area (Å²) in [5, 5.41) is 4.54. The van der Waals surface area contributed by atoms with Crippen LogP contribution in [0.15, 0.2) is 125 Å². The summed E-state index contributed by atoms with van der Waals surface area (Å²) in [6.45, 7) is 19.2. The number of allylic oxidation sites excluding steroid dienone is 1. The molecule has 0 saturated heterocycles. The fourth-order valence-electron chi connectivity index (χ4n) is 8.07. The molecule has 0 saturated carbocycles. The Hall–Kier alpha value is -3.37. The van der Waals surface area contributed by atoms with Gasteiger partial charge in [-0.25, -0.2) is 4.99 Å². The number of benzene rings is 4. The molecule has 4 aromatic carbocycles. The SMILES string of the molecule is CC(C)C1=C(C(=O)N(CCOCCO[Si](c2ccccc2)(c2ccccc2)C(C)(C)C)C(C)C)SC2=N[C@@](C)(c3ccc(Cl)cc3)[C@@H](c3ccc(Cl)cc3)N21. The highest BCUT2D eigenvalue weighted by molar-refractivity contribution is 8.18. The van der Waals surface area contributed by atoms with E-state index in [9.17, 15) is 4.79 Å². The van der Waals surface area contributed by atoms with Gasteiger partial charge in [-0.3, -0.25) is 4.79 Å². The van der Waals surface area contributed by atoms with Gasteiger partial charge in [-0.05, 0) is 89.3 Å². The molecule has 6 rings (SSSR count). The van der Waals surface area contributed by atoms with Crippen LogP contribution in [0.25, 0.3) is 0 Å². The van der Waals surface area contributed by atoms with Gasteiger partial charge in [0, 0.05) is 28.3 Å². The van der Waals surface area contributed by atoms with Crippen molar-refractivity contribution in [1.29, 1.82) is 0 Å². The van der Waals surface area contributed by atoms with E-state index in [2.05, 4.69) is 133 Å². The summed E-state index contributed by atoms with van der Waals surface area (Å²) in [6, 6.07) is 37.0. The van der Waals surface area contributed by atoms with Crippen LogP contribution in [0.1, 0.15) is 72.6 Å². The fourth-order valence-corrected chi connectivity index (χ4v) is 14.2. The maximum absolute atomic E-state index is 14.6. The second-order valence-electron chi connectivity index (χ2n) is 16.1. The van der Waals surface area contributed by atoms with Crippen molar-refractivity contribution in [2.75, 3.05) is 26.4 Å². The molecule has 10 heteroatoms. The molecule has 290 valence electrons. The highest BCUT2D eigenvalue weighted by atomic mass is 35.5. The number of aliphatic imine (C=N–C) groups is 1. The topological polar surface area (TPSA) is 54.4 Å². The second kappa shape index (κ2) is 17.0. The first-order valence-corrected chi connectivity index (χ1v) is 22.6. The van der Waals surface area contributed by atoms with Crippen LogP contribution in [0.5, 0.6) is 0 Å². The van der Waals surface area contributed by atoms with E-state index in [1.807, 2.05) is 41.3 Å². The third-order valence-corrected chi connectivity index (χ3v) is 17.3. The van der Waals surface area contributed by atoms with Crippen molar-refractivity contribution in [2.24, 2.45) is 10.9 Å². The van der Waals surface area contributed by atoms with Crippen LogP contribution < -0.4 is 10.4 Å². The van der Waals surface area contributed by atoms with Crippen LogP contribution in [-0.2, 0) is 19.5 Å². The predicted molar refractivity (Wildman–Crippen MR) is 233 cm³/mol. The molecular formula is C45H53Cl2N3O3SSi. The van der Waals surface area contributed by atoms with Gasteiger partial charge in [0.1, 0.15) is 10.4 Å². The lowest BCUT2D eigenvalue weighted by Gasteiger charge is -2.43. The molecule has 6 nitrogen and oxygen atoms in total. The standard InChI is InChI=1S/C45H53Cl2N3O3SSi/c1-31(2)39-40(54-43-48-45(8,34-21-25-36(47)26-22-34)41(50(39)43)33-19-23-35(46)24-20-33)42(51)49(32(3)4)27-28-52-29-30-53-55(44(5,6)7,37-15-11-9-12-16-37)38-17-13-10-14-18-38/h9-26,31-32,41H,27-30H2,1-8H3/t41-,45+/m1/s1. The van der Waals surface area contributed by atoms with Crippen LogP contribution in [0.4, 0.5) is 0 Å². The molecule has 55 heavy (non-hydrogen) atoms. The molecule has 0 fully saturated rings. The molecule has 0 aliphatic carbocycles. The van der Waals surface area contributed by atoms with Gasteiger partial charge in [-0.2, -0.15) is 0 Å². The van der Waals surface area contributed by atoms with E-state index < -0.39 is 13.9 Å². The largest absolute Gasteiger partial charge is 0.405 e. The molecule has 0 aromatic heterocycles. The van der Waals surface area contributed by atoms with Crippen molar-refractivity contribution >= 4 is 64.7 Å². The maximum atomic E-state index is 14.6. The molecule has 4 aromatic rings. The molecule has 2 aliphatic heterocycles. The van der Waals surface area contributed by atoms with E-state index in [0.717, 1.165) is 26.9 Å². The number of thioether (sulfide) groups is 1. The number of carbonyl (C=O) groups is 1. The number of hydrogen-bond acceptors (Lipinski definition) is 6. The highest BCUT2D eigenvalue weighted by Crippen LogP contribution is 2.56. The average Bonchev–Trinajstić information content (AvgIpc) is 3.66. The summed E-state index contributed by atoms with van der Waals surface area (Å²) < 4.78 is 13.3. The Morgan fingerprint density at radius 1 is 0.836 bits per heavy atom. The smallest absolute Gasteiger partial charge is 0.262 e. The van der Waals surface area contributed by atoms with Crippen molar-refractivity contribution in [3.8, 4) is 0 Å². The van der Waals surface area contributed by atoms with Crippen LogP contribution in [-0.4, -0.2) is 61.6 Å². The molecule has 2 atom stereocenters. The summed E-state index contributed by atoms with van der Waals surface area (Å²) >= 11 is 14.2. The first kappa shape index (κ1) is 41.3. The average molecular weight is 815 g/mol. The van der Waals surface area contributed by atoms with E-state index in [1.54, 1.807) is 0 Å². The Kier molecular flexibility index (Phi) is 12.8. The molecule has 2 aliphatic rings. The number of ether oxygens (including phenoxy) is 1. The van der Waals surface area contributed by atoms with E-state index in [1.165, 1.54) is 22.1 Å². The number of halogens is 2. The number of fused-ring (bicyclic) bond motifs is 1. The number of carbonyl (C=O) groups excluding carboxylic acids is 1. The second-order valence-corrected chi connectivity index (χ2v) is 22.2. The fraction of sp³-hybridized carbons (Fsp3) is 0.378. The lowest BCUT2D eigenvalue weighted by atomic mass is 9.81. The Bertz CT molecular complexity index is 1960. The molecule has 0 bridgehead atoms. The van der Waals surface area contributed by atoms with Gasteiger partial charge < -0.3 is 19.0 Å². The summed E-state index contributed by atoms with van der Waals surface area (Å²) in [4.78, 5) is 24.9. The van der Waals surface area contributed by atoms with E-state index >= 15 is 0 Å².